The first-order valence-electron chi connectivity index (χ1n) is 8.68. The molecule has 25 heavy (non-hydrogen) atoms. The summed E-state index contributed by atoms with van der Waals surface area (Å²) < 4.78 is 23.6. The maximum Gasteiger partial charge on any atom is 0.228 e. The van der Waals surface area contributed by atoms with Gasteiger partial charge in [0.1, 0.15) is 0 Å². The number of hydrogen-bond acceptors (Lipinski definition) is 4. The molecular weight excluding hydrogens is 340 g/mol. The Labute approximate surface area is 148 Å². The van der Waals surface area contributed by atoms with E-state index >= 15 is 0 Å². The van der Waals surface area contributed by atoms with Gasteiger partial charge in [-0.25, -0.2) is 8.42 Å². The van der Waals surface area contributed by atoms with Crippen LogP contribution in [0.5, 0.6) is 0 Å². The van der Waals surface area contributed by atoms with E-state index in [-0.39, 0.29) is 48.2 Å². The van der Waals surface area contributed by atoms with Gasteiger partial charge in [-0.15, -0.1) is 0 Å². The fourth-order valence-electron chi connectivity index (χ4n) is 3.52. The Bertz CT molecular complexity index is 748. The molecule has 0 N–H and O–H groups in total. The van der Waals surface area contributed by atoms with Gasteiger partial charge >= 0.3 is 0 Å². The van der Waals surface area contributed by atoms with Crippen LogP contribution in [0.1, 0.15) is 25.3 Å². The number of hydrogen-bond donors (Lipinski definition) is 0. The number of sulfone groups is 1. The van der Waals surface area contributed by atoms with Crippen LogP contribution in [0, 0.1) is 5.92 Å². The number of nitrogens with zero attached hydrogens (tertiary/aromatic N) is 2. The lowest BCUT2D eigenvalue weighted by Gasteiger charge is -2.29. The van der Waals surface area contributed by atoms with Crippen molar-refractivity contribution in [3.8, 4) is 0 Å². The molecule has 2 aliphatic heterocycles. The number of carbonyl (C=O) groups excluding carboxylic acids is 2. The largest absolute Gasteiger partial charge is 0.339 e. The third-order valence-corrected chi connectivity index (χ3v) is 6.75. The molecule has 2 amide bonds. The number of amides is 2. The van der Waals surface area contributed by atoms with Gasteiger partial charge in [0.25, 0.3) is 0 Å². The van der Waals surface area contributed by atoms with E-state index in [0.29, 0.717) is 19.5 Å². The second-order valence-corrected chi connectivity index (χ2v) is 9.29. The lowest BCUT2D eigenvalue weighted by Crippen LogP contribution is -2.43. The maximum absolute atomic E-state index is 12.9. The lowest BCUT2D eigenvalue weighted by molar-refractivity contribution is -0.137. The second kappa shape index (κ2) is 7.15. The van der Waals surface area contributed by atoms with Crippen molar-refractivity contribution in [2.24, 2.45) is 5.92 Å². The van der Waals surface area contributed by atoms with E-state index in [0.717, 1.165) is 5.56 Å². The summed E-state index contributed by atoms with van der Waals surface area (Å²) in [7, 11) is -3.08. The van der Waals surface area contributed by atoms with E-state index < -0.39 is 9.84 Å². The molecule has 2 aliphatic rings. The Balaban J connectivity index is 1.66. The predicted octanol–water partition coefficient (Wildman–Crippen LogP) is 1.07. The van der Waals surface area contributed by atoms with Crippen LogP contribution in [0.25, 0.3) is 0 Å². The van der Waals surface area contributed by atoms with E-state index in [2.05, 4.69) is 0 Å². The SMILES string of the molecule is C[C@@H]1CCS(=O)(=O)CCN1C(=O)[C@H]1CC(=O)N(Cc2ccccc2)C1. The van der Waals surface area contributed by atoms with E-state index in [1.807, 2.05) is 37.3 Å². The normalized spacial score (nSPS) is 26.5. The average molecular weight is 364 g/mol. The molecule has 1 aromatic rings. The first-order chi connectivity index (χ1) is 11.9. The number of carbonyl (C=O) groups is 2. The van der Waals surface area contributed by atoms with Crippen LogP contribution < -0.4 is 0 Å². The third kappa shape index (κ3) is 4.21. The third-order valence-electron chi connectivity index (χ3n) is 5.08. The molecule has 2 saturated heterocycles. The molecule has 0 aliphatic carbocycles. The summed E-state index contributed by atoms with van der Waals surface area (Å²) >= 11 is 0. The van der Waals surface area contributed by atoms with Crippen LogP contribution in [0.15, 0.2) is 30.3 Å². The zero-order chi connectivity index (χ0) is 18.0. The van der Waals surface area contributed by atoms with Crippen LogP contribution in [-0.4, -0.2) is 60.7 Å². The van der Waals surface area contributed by atoms with Crippen LogP contribution in [-0.2, 0) is 26.0 Å². The van der Waals surface area contributed by atoms with Gasteiger partial charge in [0.15, 0.2) is 9.84 Å². The van der Waals surface area contributed by atoms with E-state index in [4.69, 9.17) is 0 Å². The van der Waals surface area contributed by atoms with Crippen molar-refractivity contribution >= 4 is 21.7 Å². The fraction of sp³-hybridized carbons (Fsp3) is 0.556. The summed E-state index contributed by atoms with van der Waals surface area (Å²) in [4.78, 5) is 28.5. The Morgan fingerprint density at radius 3 is 2.64 bits per heavy atom. The Kier molecular flexibility index (Phi) is 5.13. The molecule has 0 radical (unpaired) electrons. The standard InChI is InChI=1S/C18H24N2O4S/c1-14-7-9-25(23,24)10-8-20(14)18(22)16-11-17(21)19(13-16)12-15-5-3-2-4-6-15/h2-6,14,16H,7-13H2,1H3/t14-,16+/m1/s1. The van der Waals surface area contributed by atoms with Crippen molar-refractivity contribution in [3.05, 3.63) is 35.9 Å². The smallest absolute Gasteiger partial charge is 0.228 e. The molecule has 2 atom stereocenters. The van der Waals surface area contributed by atoms with Gasteiger partial charge in [0, 0.05) is 32.1 Å². The minimum atomic E-state index is -3.08. The zero-order valence-corrected chi connectivity index (χ0v) is 15.2. The average Bonchev–Trinajstić information content (AvgIpc) is 2.87. The van der Waals surface area contributed by atoms with Crippen LogP contribution >= 0.6 is 0 Å². The summed E-state index contributed by atoms with van der Waals surface area (Å²) in [5.41, 5.74) is 1.04. The molecule has 3 rings (SSSR count). The summed E-state index contributed by atoms with van der Waals surface area (Å²) in [5.74, 6) is -0.343. The zero-order valence-electron chi connectivity index (χ0n) is 14.4. The first-order valence-corrected chi connectivity index (χ1v) is 10.5. The van der Waals surface area contributed by atoms with Crippen LogP contribution in [0.3, 0.4) is 0 Å². The Morgan fingerprint density at radius 1 is 1.20 bits per heavy atom. The predicted molar refractivity (Wildman–Crippen MR) is 94.4 cm³/mol. The van der Waals surface area contributed by atoms with Gasteiger partial charge in [-0.1, -0.05) is 30.3 Å². The molecule has 7 heteroatoms. The topological polar surface area (TPSA) is 74.8 Å². The van der Waals surface area contributed by atoms with Gasteiger partial charge in [-0.05, 0) is 18.9 Å². The molecule has 0 spiro atoms. The van der Waals surface area contributed by atoms with Crippen molar-refractivity contribution in [2.45, 2.75) is 32.4 Å². The maximum atomic E-state index is 12.9. The molecule has 0 aromatic heterocycles. The summed E-state index contributed by atoms with van der Waals surface area (Å²) in [5, 5.41) is 0. The molecule has 0 bridgehead atoms. The molecule has 6 nitrogen and oxygen atoms in total. The van der Waals surface area contributed by atoms with E-state index in [9.17, 15) is 18.0 Å². The highest BCUT2D eigenvalue weighted by Gasteiger charge is 2.38. The highest BCUT2D eigenvalue weighted by Crippen LogP contribution is 2.24. The van der Waals surface area contributed by atoms with Crippen molar-refractivity contribution in [1.29, 1.82) is 0 Å². The van der Waals surface area contributed by atoms with Gasteiger partial charge in [0.05, 0.1) is 17.4 Å². The summed E-state index contributed by atoms with van der Waals surface area (Å²) in [6, 6.07) is 9.60. The van der Waals surface area contributed by atoms with E-state index in [1.165, 1.54) is 0 Å². The molecule has 136 valence electrons. The Morgan fingerprint density at radius 2 is 1.92 bits per heavy atom. The lowest BCUT2D eigenvalue weighted by atomic mass is 10.1. The molecular formula is C18H24N2O4S. The Hall–Kier alpha value is -1.89. The number of benzene rings is 1. The monoisotopic (exact) mass is 364 g/mol. The quantitative estimate of drug-likeness (QED) is 0.804. The van der Waals surface area contributed by atoms with Gasteiger partial charge in [-0.3, -0.25) is 9.59 Å². The fourth-order valence-corrected chi connectivity index (χ4v) is 4.90. The summed E-state index contributed by atoms with van der Waals surface area (Å²) in [6.07, 6.45) is 0.671. The van der Waals surface area contributed by atoms with Gasteiger partial charge in [-0.2, -0.15) is 0 Å². The second-order valence-electron chi connectivity index (χ2n) is 6.98. The van der Waals surface area contributed by atoms with Gasteiger partial charge in [0.2, 0.25) is 11.8 Å². The van der Waals surface area contributed by atoms with Crippen LogP contribution in [0.2, 0.25) is 0 Å². The summed E-state index contributed by atoms with van der Waals surface area (Å²) in [6.45, 7) is 3.03. The van der Waals surface area contributed by atoms with Gasteiger partial charge < -0.3 is 9.80 Å². The molecule has 2 heterocycles. The van der Waals surface area contributed by atoms with Crippen molar-refractivity contribution in [1.82, 2.24) is 9.80 Å². The van der Waals surface area contributed by atoms with Crippen molar-refractivity contribution in [3.63, 3.8) is 0 Å². The molecule has 2 fully saturated rings. The molecule has 0 unspecified atom stereocenters. The highest BCUT2D eigenvalue weighted by atomic mass is 32.2. The van der Waals surface area contributed by atoms with Crippen molar-refractivity contribution in [2.75, 3.05) is 24.6 Å². The van der Waals surface area contributed by atoms with E-state index in [1.54, 1.807) is 9.80 Å². The van der Waals surface area contributed by atoms with Crippen molar-refractivity contribution < 1.29 is 18.0 Å². The molecule has 1 aromatic carbocycles. The highest BCUT2D eigenvalue weighted by molar-refractivity contribution is 7.91. The molecule has 0 saturated carbocycles. The minimum Gasteiger partial charge on any atom is -0.339 e. The minimum absolute atomic E-state index is 0.0114. The van der Waals surface area contributed by atoms with Crippen LogP contribution in [0.4, 0.5) is 0 Å². The number of likely N-dealkylation sites (tertiary alicyclic amines) is 1. The number of rotatable bonds is 3. The first kappa shape index (κ1) is 17.9.